The predicted molar refractivity (Wildman–Crippen MR) is 57.7 cm³/mol. The van der Waals surface area contributed by atoms with Crippen LogP contribution in [0.1, 0.15) is 40.5 Å². The van der Waals surface area contributed by atoms with E-state index in [2.05, 4.69) is 0 Å². The third-order valence-electron chi connectivity index (χ3n) is 0.996. The normalized spacial score (nSPS) is 7.73. The fourth-order valence-electron chi connectivity index (χ4n) is 0.701. The fraction of sp³-hybridized carbons (Fsp3) is 0.600. The van der Waals surface area contributed by atoms with Gasteiger partial charge in [0.05, 0.1) is 12.8 Å². The second-order valence-corrected chi connectivity index (χ2v) is 3.16. The minimum atomic E-state index is -0.0625. The van der Waals surface area contributed by atoms with E-state index in [1.807, 2.05) is 0 Å². The Morgan fingerprint density at radius 2 is 0.733 bits per heavy atom. The summed E-state index contributed by atoms with van der Waals surface area (Å²) in [5.41, 5.74) is 0. The Hall–Kier alpha value is -0.0603. The molecule has 0 aliphatic rings. The standard InChI is InChI=1S/2C5H8O2.Ca/c2*1-4(6)3-5(2)7;/h2*3H2,1-2H3;/q;;+2. The average Bonchev–Trinajstić information content (AvgIpc) is 1.79. The number of rotatable bonds is 4. The van der Waals surface area contributed by atoms with Gasteiger partial charge in [-0.1, -0.05) is 0 Å². The van der Waals surface area contributed by atoms with E-state index in [4.69, 9.17) is 0 Å². The van der Waals surface area contributed by atoms with Crippen LogP contribution in [0.3, 0.4) is 0 Å². The molecule has 0 atom stereocenters. The molecule has 0 amide bonds. The molecule has 0 bridgehead atoms. The van der Waals surface area contributed by atoms with Crippen LogP contribution in [-0.2, 0) is 19.2 Å². The summed E-state index contributed by atoms with van der Waals surface area (Å²) in [4.78, 5) is 40.1. The van der Waals surface area contributed by atoms with Crippen molar-refractivity contribution in [2.24, 2.45) is 0 Å². The van der Waals surface area contributed by atoms with Crippen molar-refractivity contribution in [1.29, 1.82) is 0 Å². The maximum absolute atomic E-state index is 10.0. The zero-order chi connectivity index (χ0) is 11.7. The SMILES string of the molecule is CC(=O)CC(C)=O.CC(=O)CC(C)=O.[Ca+2]. The Labute approximate surface area is 120 Å². The number of carbonyl (C=O) groups excluding carboxylic acids is 4. The Kier molecular flexibility index (Phi) is 16.3. The van der Waals surface area contributed by atoms with Gasteiger partial charge in [0.1, 0.15) is 23.1 Å². The fourth-order valence-corrected chi connectivity index (χ4v) is 0.701. The zero-order valence-electron chi connectivity index (χ0n) is 9.75. The molecule has 0 saturated carbocycles. The first-order valence-corrected chi connectivity index (χ1v) is 4.23. The quantitative estimate of drug-likeness (QED) is 0.536. The maximum Gasteiger partial charge on any atom is 2.00 e. The van der Waals surface area contributed by atoms with Gasteiger partial charge in [-0.25, -0.2) is 0 Å². The number of carbonyl (C=O) groups is 4. The smallest absolute Gasteiger partial charge is 0.300 e. The predicted octanol–water partition coefficient (Wildman–Crippen LogP) is 0.728. The van der Waals surface area contributed by atoms with E-state index in [9.17, 15) is 19.2 Å². The summed E-state index contributed by atoms with van der Waals surface area (Å²) in [6.45, 7) is 5.62. The van der Waals surface area contributed by atoms with Crippen LogP contribution in [-0.4, -0.2) is 60.9 Å². The second kappa shape index (κ2) is 12.0. The Balaban J connectivity index is -0.000000180. The van der Waals surface area contributed by atoms with Crippen LogP contribution in [0.15, 0.2) is 0 Å². The van der Waals surface area contributed by atoms with E-state index in [1.54, 1.807) is 0 Å². The largest absolute Gasteiger partial charge is 2.00 e. The molecule has 15 heavy (non-hydrogen) atoms. The molecule has 0 heterocycles. The van der Waals surface area contributed by atoms with Crippen molar-refractivity contribution in [3.8, 4) is 0 Å². The van der Waals surface area contributed by atoms with Gasteiger partial charge in [-0.05, 0) is 27.7 Å². The molecule has 0 unspecified atom stereocenters. The van der Waals surface area contributed by atoms with Crippen molar-refractivity contribution in [3.63, 3.8) is 0 Å². The van der Waals surface area contributed by atoms with Gasteiger partial charge in [-0.15, -0.1) is 0 Å². The molecule has 0 saturated heterocycles. The molecule has 0 aromatic heterocycles. The van der Waals surface area contributed by atoms with E-state index < -0.39 is 0 Å². The average molecular weight is 240 g/mol. The van der Waals surface area contributed by atoms with Crippen molar-refractivity contribution in [1.82, 2.24) is 0 Å². The molecule has 0 fully saturated rings. The minimum absolute atomic E-state index is 0. The molecule has 0 N–H and O–H groups in total. The summed E-state index contributed by atoms with van der Waals surface area (Å²) in [7, 11) is 0. The van der Waals surface area contributed by atoms with Gasteiger partial charge in [0.25, 0.3) is 0 Å². The van der Waals surface area contributed by atoms with Crippen molar-refractivity contribution in [2.75, 3.05) is 0 Å². The number of ketones is 4. The first-order chi connectivity index (χ1) is 6.25. The van der Waals surface area contributed by atoms with E-state index in [1.165, 1.54) is 27.7 Å². The van der Waals surface area contributed by atoms with E-state index in [0.29, 0.717) is 0 Å². The summed E-state index contributed by atoms with van der Waals surface area (Å²) >= 11 is 0. The second-order valence-electron chi connectivity index (χ2n) is 3.16. The van der Waals surface area contributed by atoms with Gasteiger partial charge in [0, 0.05) is 0 Å². The number of hydrogen-bond donors (Lipinski definition) is 0. The minimum Gasteiger partial charge on any atom is -0.300 e. The molecule has 0 aromatic carbocycles. The summed E-state index contributed by atoms with van der Waals surface area (Å²) in [5.74, 6) is -0.250. The zero-order valence-corrected chi connectivity index (χ0v) is 12.0. The van der Waals surface area contributed by atoms with Crippen molar-refractivity contribution in [2.45, 2.75) is 40.5 Å². The molecular formula is C10H16CaO4+2. The van der Waals surface area contributed by atoms with Crippen LogP contribution in [0, 0.1) is 0 Å². The van der Waals surface area contributed by atoms with Crippen molar-refractivity contribution in [3.05, 3.63) is 0 Å². The first kappa shape index (κ1) is 20.4. The van der Waals surface area contributed by atoms with Crippen LogP contribution < -0.4 is 0 Å². The van der Waals surface area contributed by atoms with Gasteiger partial charge < -0.3 is 0 Å². The van der Waals surface area contributed by atoms with Gasteiger partial charge >= 0.3 is 37.7 Å². The number of hydrogen-bond acceptors (Lipinski definition) is 4. The summed E-state index contributed by atoms with van der Waals surface area (Å²) in [5, 5.41) is 0. The molecule has 5 heteroatoms. The third kappa shape index (κ3) is 31.5. The van der Waals surface area contributed by atoms with E-state index in [0.717, 1.165) is 0 Å². The van der Waals surface area contributed by atoms with Gasteiger partial charge in [0.2, 0.25) is 0 Å². The third-order valence-corrected chi connectivity index (χ3v) is 0.996. The van der Waals surface area contributed by atoms with Crippen LogP contribution in [0.2, 0.25) is 0 Å². The molecule has 0 aliphatic heterocycles. The van der Waals surface area contributed by atoms with Crippen LogP contribution in [0.25, 0.3) is 0 Å². The molecule has 0 radical (unpaired) electrons. The monoisotopic (exact) mass is 240 g/mol. The molecule has 4 nitrogen and oxygen atoms in total. The molecule has 0 aliphatic carbocycles. The van der Waals surface area contributed by atoms with E-state index >= 15 is 0 Å². The Morgan fingerprint density at radius 1 is 0.600 bits per heavy atom. The van der Waals surface area contributed by atoms with E-state index in [-0.39, 0.29) is 73.7 Å². The Morgan fingerprint density at radius 3 is 0.733 bits per heavy atom. The summed E-state index contributed by atoms with van der Waals surface area (Å²) in [6.07, 6.45) is 0.167. The maximum atomic E-state index is 10.0. The first-order valence-electron chi connectivity index (χ1n) is 4.23. The molecule has 0 rings (SSSR count). The Bertz CT molecular complexity index is 196. The van der Waals surface area contributed by atoms with Gasteiger partial charge in [0.15, 0.2) is 0 Å². The van der Waals surface area contributed by atoms with Gasteiger partial charge in [-0.2, -0.15) is 0 Å². The van der Waals surface area contributed by atoms with Crippen LogP contribution in [0.5, 0.6) is 0 Å². The van der Waals surface area contributed by atoms with Crippen LogP contribution in [0.4, 0.5) is 0 Å². The van der Waals surface area contributed by atoms with Gasteiger partial charge in [-0.3, -0.25) is 19.2 Å². The van der Waals surface area contributed by atoms with Crippen LogP contribution >= 0.6 is 0 Å². The summed E-state index contributed by atoms with van der Waals surface area (Å²) < 4.78 is 0. The molecule has 0 spiro atoms. The van der Waals surface area contributed by atoms with Crippen molar-refractivity contribution >= 4 is 60.9 Å². The topological polar surface area (TPSA) is 68.3 Å². The van der Waals surface area contributed by atoms with Crippen molar-refractivity contribution < 1.29 is 19.2 Å². The molecule has 80 valence electrons. The number of Topliss-reactive ketones (excluding diaryl/α,β-unsaturated/α-hetero) is 4. The summed E-state index contributed by atoms with van der Waals surface area (Å²) in [6, 6.07) is 0. The molecular weight excluding hydrogens is 224 g/mol. The molecule has 0 aromatic rings.